The molecule has 5 heteroatoms. The first-order valence-electron chi connectivity index (χ1n) is 9.17. The summed E-state index contributed by atoms with van der Waals surface area (Å²) in [4.78, 5) is 22.3. The number of aryl methyl sites for hydroxylation is 3. The zero-order valence-electron chi connectivity index (χ0n) is 18.2. The van der Waals surface area contributed by atoms with Crippen LogP contribution in [0.5, 0.6) is 0 Å². The van der Waals surface area contributed by atoms with Gasteiger partial charge >= 0.3 is 69.2 Å². The predicted octanol–water partition coefficient (Wildman–Crippen LogP) is 7.10. The van der Waals surface area contributed by atoms with Crippen LogP contribution in [0.1, 0.15) is 30.7 Å². The third kappa shape index (κ3) is 22.4. The summed E-state index contributed by atoms with van der Waals surface area (Å²) in [5.74, 6) is 0. The molecule has 0 N–H and O–H groups in total. The van der Waals surface area contributed by atoms with Crippen LogP contribution < -0.4 is 0 Å². The van der Waals surface area contributed by atoms with Gasteiger partial charge in [0.2, 0.25) is 0 Å². The molecular weight excluding hydrogens is 598 g/mol. The Labute approximate surface area is 185 Å². The van der Waals surface area contributed by atoms with Crippen molar-refractivity contribution in [2.45, 2.75) is 63.3 Å². The molecule has 2 rings (SSSR count). The second-order valence-electron chi connectivity index (χ2n) is 7.00. The maximum atomic E-state index is 4.09. The van der Waals surface area contributed by atoms with Gasteiger partial charge in [-0.3, -0.25) is 4.98 Å². The molecule has 26 heavy (non-hydrogen) atoms. The second-order valence-corrected chi connectivity index (χ2v) is 24.9. The molecule has 2 radical (unpaired) electrons. The van der Waals surface area contributed by atoms with E-state index in [1.165, 1.54) is 11.1 Å². The molecule has 0 fully saturated rings. The molecule has 0 amide bonds. The fourth-order valence-electron chi connectivity index (χ4n) is 1.49. The first-order valence-corrected chi connectivity index (χ1v) is 27.1. The van der Waals surface area contributed by atoms with E-state index in [1.54, 1.807) is 0 Å². The summed E-state index contributed by atoms with van der Waals surface area (Å²) in [6.45, 7) is 6.29. The number of nitrogens with zero attached hydrogens (tertiary/aromatic N) is 2. The van der Waals surface area contributed by atoms with Crippen LogP contribution in [0.3, 0.4) is 0 Å². The minimum atomic E-state index is -0.543. The van der Waals surface area contributed by atoms with Crippen LogP contribution in [-0.2, 0) is 12.8 Å². The molecule has 0 spiro atoms. The summed E-state index contributed by atoms with van der Waals surface area (Å²) in [6.07, 6.45) is 5.83. The Hall–Kier alpha value is 0.377. The SMILES string of the molecule is CCc1ccnc(Br)c1.CCc1ccnc(C)c1.[CH3][Sn]([CH3])[CH3].[CH3][Sn]([CH3])[CH3]. The fourth-order valence-corrected chi connectivity index (χ4v) is 1.90. The molecule has 2 aromatic rings. The molecule has 0 unspecified atom stereocenters. The Bertz CT molecular complexity index is 518. The van der Waals surface area contributed by atoms with E-state index in [0.29, 0.717) is 0 Å². The van der Waals surface area contributed by atoms with Gasteiger partial charge in [-0.15, -0.1) is 0 Å². The van der Waals surface area contributed by atoms with Gasteiger partial charge in [0.1, 0.15) is 4.60 Å². The molecule has 0 aliphatic rings. The summed E-state index contributed by atoms with van der Waals surface area (Å²) in [7, 11) is 0. The van der Waals surface area contributed by atoms with Crippen LogP contribution in [0.2, 0.25) is 29.6 Å². The van der Waals surface area contributed by atoms with E-state index in [2.05, 4.69) is 75.4 Å². The Balaban J connectivity index is 0. The van der Waals surface area contributed by atoms with Crippen molar-refractivity contribution in [3.63, 3.8) is 0 Å². The van der Waals surface area contributed by atoms with Crippen molar-refractivity contribution in [2.75, 3.05) is 0 Å². The predicted molar refractivity (Wildman–Crippen MR) is 126 cm³/mol. The van der Waals surface area contributed by atoms with Gasteiger partial charge in [0, 0.05) is 18.1 Å². The van der Waals surface area contributed by atoms with E-state index < -0.39 is 39.5 Å². The number of hydrogen-bond acceptors (Lipinski definition) is 2. The first kappa shape index (κ1) is 28.6. The molecular formula is C21H37BrN2Sn2. The molecule has 2 heterocycles. The molecule has 2 nitrogen and oxygen atoms in total. The summed E-state index contributed by atoms with van der Waals surface area (Å²) in [5.41, 5.74) is 3.79. The van der Waals surface area contributed by atoms with Crippen molar-refractivity contribution in [1.29, 1.82) is 0 Å². The fraction of sp³-hybridized carbons (Fsp3) is 0.524. The van der Waals surface area contributed by atoms with Crippen molar-refractivity contribution in [3.05, 3.63) is 58.1 Å². The van der Waals surface area contributed by atoms with Crippen molar-refractivity contribution < 1.29 is 0 Å². The minimum absolute atomic E-state index is 0.543. The summed E-state index contributed by atoms with van der Waals surface area (Å²) < 4.78 is 0.918. The van der Waals surface area contributed by atoms with Crippen LogP contribution in [0.15, 0.2) is 41.3 Å². The van der Waals surface area contributed by atoms with Crippen molar-refractivity contribution in [1.82, 2.24) is 9.97 Å². The van der Waals surface area contributed by atoms with Gasteiger partial charge in [0.05, 0.1) is 0 Å². The van der Waals surface area contributed by atoms with E-state index in [-0.39, 0.29) is 0 Å². The molecule has 0 aliphatic heterocycles. The van der Waals surface area contributed by atoms with Gasteiger partial charge in [-0.2, -0.15) is 0 Å². The van der Waals surface area contributed by atoms with E-state index in [9.17, 15) is 0 Å². The Morgan fingerprint density at radius 1 is 0.769 bits per heavy atom. The van der Waals surface area contributed by atoms with Gasteiger partial charge in [0.15, 0.2) is 0 Å². The van der Waals surface area contributed by atoms with Crippen LogP contribution in [-0.4, -0.2) is 49.5 Å². The standard InChI is InChI=1S/C8H11N.C7H8BrN.6CH3.2Sn/c1-3-8-4-5-9-7(2)6-8;1-2-6-3-4-9-7(8)5-6;;;;;;;;/h4-6H,3H2,1-2H3;3-5H,2H2,1H3;6*1H3;;. The zero-order chi connectivity index (χ0) is 20.5. The third-order valence-corrected chi connectivity index (χ3v) is 3.00. The monoisotopic (exact) mass is 636 g/mol. The number of halogens is 1. The Kier molecular flexibility index (Phi) is 20.6. The topological polar surface area (TPSA) is 25.8 Å². The molecule has 0 aliphatic carbocycles. The van der Waals surface area contributed by atoms with Crippen molar-refractivity contribution >= 4 is 55.4 Å². The van der Waals surface area contributed by atoms with Crippen LogP contribution >= 0.6 is 15.9 Å². The normalized spacial score (nSPS) is 9.38. The van der Waals surface area contributed by atoms with Gasteiger partial charge in [-0.1, -0.05) is 13.8 Å². The van der Waals surface area contributed by atoms with E-state index in [0.717, 1.165) is 23.1 Å². The molecule has 0 saturated heterocycles. The zero-order valence-corrected chi connectivity index (χ0v) is 25.4. The molecule has 0 atom stereocenters. The maximum absolute atomic E-state index is 4.09. The molecule has 0 aromatic carbocycles. The first-order chi connectivity index (χ1) is 12.1. The average Bonchev–Trinajstić information content (AvgIpc) is 2.54. The summed E-state index contributed by atoms with van der Waals surface area (Å²) in [5, 5.41) is 0. The number of pyridine rings is 2. The Morgan fingerprint density at radius 3 is 1.42 bits per heavy atom. The summed E-state index contributed by atoms with van der Waals surface area (Å²) in [6, 6.07) is 8.21. The average molecular weight is 635 g/mol. The van der Waals surface area contributed by atoms with Crippen LogP contribution in [0.4, 0.5) is 0 Å². The number of aromatic nitrogens is 2. The third-order valence-electron chi connectivity index (χ3n) is 2.57. The second kappa shape index (κ2) is 18.7. The molecule has 0 saturated carbocycles. The van der Waals surface area contributed by atoms with E-state index >= 15 is 0 Å². The molecule has 0 bridgehead atoms. The Morgan fingerprint density at radius 2 is 1.15 bits per heavy atom. The van der Waals surface area contributed by atoms with Gasteiger partial charge < -0.3 is 0 Å². The summed E-state index contributed by atoms with van der Waals surface area (Å²) >= 11 is 2.21. The molecule has 146 valence electrons. The van der Waals surface area contributed by atoms with E-state index in [4.69, 9.17) is 0 Å². The van der Waals surface area contributed by atoms with Gasteiger partial charge in [0.25, 0.3) is 0 Å². The van der Waals surface area contributed by atoms with Gasteiger partial charge in [-0.25, -0.2) is 4.98 Å². The van der Waals surface area contributed by atoms with Crippen molar-refractivity contribution in [2.24, 2.45) is 0 Å². The quantitative estimate of drug-likeness (QED) is 0.260. The van der Waals surface area contributed by atoms with E-state index in [1.807, 2.05) is 37.5 Å². The molecule has 2 aromatic heterocycles. The van der Waals surface area contributed by atoms with Crippen LogP contribution in [0.25, 0.3) is 0 Å². The number of hydrogen-bond donors (Lipinski definition) is 0. The number of rotatable bonds is 2. The van der Waals surface area contributed by atoms with Crippen LogP contribution in [0, 0.1) is 6.92 Å². The van der Waals surface area contributed by atoms with Gasteiger partial charge in [-0.05, 0) is 71.1 Å². The van der Waals surface area contributed by atoms with Crippen molar-refractivity contribution in [3.8, 4) is 0 Å².